The number of nitrogens with one attached hydrogen (secondary N) is 2. The van der Waals surface area contributed by atoms with Gasteiger partial charge in [0.2, 0.25) is 21.8 Å². The van der Waals surface area contributed by atoms with Crippen molar-refractivity contribution in [1.82, 2.24) is 4.31 Å². The summed E-state index contributed by atoms with van der Waals surface area (Å²) in [5, 5.41) is 5.58. The lowest BCUT2D eigenvalue weighted by molar-refractivity contribution is -0.120. The van der Waals surface area contributed by atoms with Crippen molar-refractivity contribution < 1.29 is 18.0 Å². The highest BCUT2D eigenvalue weighted by molar-refractivity contribution is 7.89. The van der Waals surface area contributed by atoms with E-state index < -0.39 is 22.0 Å². The molecule has 2 N–H and O–H groups in total. The van der Waals surface area contributed by atoms with Gasteiger partial charge in [-0.1, -0.05) is 36.2 Å². The third-order valence-corrected chi connectivity index (χ3v) is 6.89. The minimum Gasteiger partial charge on any atom is -0.326 e. The summed E-state index contributed by atoms with van der Waals surface area (Å²) in [7, 11) is -3.79. The number of rotatable bonds is 5. The Balaban J connectivity index is 1.81. The zero-order valence-corrected chi connectivity index (χ0v) is 17.5. The third-order valence-electron chi connectivity index (χ3n) is 4.65. The monoisotopic (exact) mass is 435 g/mol. The molecule has 2 aromatic rings. The van der Waals surface area contributed by atoms with Crippen LogP contribution in [0.3, 0.4) is 0 Å². The summed E-state index contributed by atoms with van der Waals surface area (Å²) >= 11 is 6.22. The number of carbonyl (C=O) groups is 2. The Bertz CT molecular complexity index is 1010. The largest absolute Gasteiger partial charge is 0.326 e. The maximum Gasteiger partial charge on any atom is 0.243 e. The van der Waals surface area contributed by atoms with Crippen molar-refractivity contribution in [3.8, 4) is 0 Å². The quantitative estimate of drug-likeness (QED) is 0.751. The fourth-order valence-corrected chi connectivity index (χ4v) is 5.20. The SMILES string of the molecule is CC(=O)Nc1ccc(NC(=O)C2CCCCN2S(=O)(=O)c2ccccc2)c(Cl)c1. The van der Waals surface area contributed by atoms with E-state index in [0.717, 1.165) is 6.42 Å². The Morgan fingerprint density at radius 1 is 1.07 bits per heavy atom. The lowest BCUT2D eigenvalue weighted by Crippen LogP contribution is -2.49. The molecule has 1 heterocycles. The number of benzene rings is 2. The number of hydrogen-bond acceptors (Lipinski definition) is 4. The van der Waals surface area contributed by atoms with Crippen LogP contribution in [-0.4, -0.2) is 37.1 Å². The molecule has 2 amide bonds. The Morgan fingerprint density at radius 3 is 2.45 bits per heavy atom. The molecule has 154 valence electrons. The standard InChI is InChI=1S/C20H22ClN3O4S/c1-14(25)22-15-10-11-18(17(21)13-15)23-20(26)19-9-5-6-12-24(19)29(27,28)16-7-3-2-4-8-16/h2-4,7-8,10-11,13,19H,5-6,9,12H2,1H3,(H,22,25)(H,23,26). The molecule has 9 heteroatoms. The van der Waals surface area contributed by atoms with E-state index >= 15 is 0 Å². The minimum atomic E-state index is -3.79. The molecule has 0 aromatic heterocycles. The molecule has 1 atom stereocenters. The van der Waals surface area contributed by atoms with Gasteiger partial charge in [-0.15, -0.1) is 0 Å². The first-order valence-electron chi connectivity index (χ1n) is 9.24. The second-order valence-electron chi connectivity index (χ2n) is 6.81. The van der Waals surface area contributed by atoms with Crippen molar-refractivity contribution in [2.24, 2.45) is 0 Å². The van der Waals surface area contributed by atoms with Gasteiger partial charge in [0.15, 0.2) is 0 Å². The maximum absolute atomic E-state index is 13.0. The summed E-state index contributed by atoms with van der Waals surface area (Å²) in [5.41, 5.74) is 0.861. The molecule has 1 saturated heterocycles. The molecule has 7 nitrogen and oxygen atoms in total. The number of carbonyl (C=O) groups excluding carboxylic acids is 2. The predicted octanol–water partition coefficient (Wildman–Crippen LogP) is 3.48. The van der Waals surface area contributed by atoms with Crippen LogP contribution in [0.25, 0.3) is 0 Å². The summed E-state index contributed by atoms with van der Waals surface area (Å²) < 4.78 is 27.4. The van der Waals surface area contributed by atoms with E-state index in [1.165, 1.54) is 29.4 Å². The Kier molecular flexibility index (Phi) is 6.56. The van der Waals surface area contributed by atoms with E-state index in [1.54, 1.807) is 30.3 Å². The van der Waals surface area contributed by atoms with Gasteiger partial charge in [-0.3, -0.25) is 9.59 Å². The van der Waals surface area contributed by atoms with Crippen LogP contribution in [0.5, 0.6) is 0 Å². The average Bonchev–Trinajstić information content (AvgIpc) is 2.70. The number of hydrogen-bond donors (Lipinski definition) is 2. The third kappa shape index (κ3) is 4.95. The van der Waals surface area contributed by atoms with Crippen LogP contribution in [0.1, 0.15) is 26.2 Å². The van der Waals surface area contributed by atoms with Crippen LogP contribution in [0.2, 0.25) is 5.02 Å². The fourth-order valence-electron chi connectivity index (χ4n) is 3.30. The zero-order valence-electron chi connectivity index (χ0n) is 15.9. The van der Waals surface area contributed by atoms with Gasteiger partial charge >= 0.3 is 0 Å². The second kappa shape index (κ2) is 8.94. The molecule has 2 aromatic carbocycles. The summed E-state index contributed by atoms with van der Waals surface area (Å²) in [6.45, 7) is 1.67. The van der Waals surface area contributed by atoms with Crippen LogP contribution in [0, 0.1) is 0 Å². The number of halogens is 1. The van der Waals surface area contributed by atoms with Gasteiger partial charge in [0, 0.05) is 19.2 Å². The molecular formula is C20H22ClN3O4S. The highest BCUT2D eigenvalue weighted by atomic mass is 35.5. The van der Waals surface area contributed by atoms with Gasteiger partial charge in [-0.25, -0.2) is 8.42 Å². The summed E-state index contributed by atoms with van der Waals surface area (Å²) in [4.78, 5) is 24.2. The topological polar surface area (TPSA) is 95.6 Å². The van der Waals surface area contributed by atoms with Crippen molar-refractivity contribution in [3.05, 3.63) is 53.6 Å². The summed E-state index contributed by atoms with van der Waals surface area (Å²) in [6.07, 6.45) is 1.88. The van der Waals surface area contributed by atoms with E-state index in [1.807, 2.05) is 0 Å². The summed E-state index contributed by atoms with van der Waals surface area (Å²) in [5.74, 6) is -0.666. The Hall–Kier alpha value is -2.42. The molecule has 3 rings (SSSR count). The predicted molar refractivity (Wildman–Crippen MR) is 112 cm³/mol. The van der Waals surface area contributed by atoms with E-state index in [9.17, 15) is 18.0 Å². The molecule has 1 aliphatic heterocycles. The highest BCUT2D eigenvalue weighted by Gasteiger charge is 2.37. The Morgan fingerprint density at radius 2 is 1.79 bits per heavy atom. The molecule has 1 fully saturated rings. The second-order valence-corrected chi connectivity index (χ2v) is 9.10. The zero-order chi connectivity index (χ0) is 21.0. The van der Waals surface area contributed by atoms with Crippen molar-refractivity contribution >= 4 is 44.8 Å². The van der Waals surface area contributed by atoms with Gasteiger partial charge in [0.05, 0.1) is 15.6 Å². The van der Waals surface area contributed by atoms with Crippen molar-refractivity contribution in [2.45, 2.75) is 37.1 Å². The first kappa shape index (κ1) is 21.3. The molecule has 29 heavy (non-hydrogen) atoms. The number of nitrogens with zero attached hydrogens (tertiary/aromatic N) is 1. The molecule has 1 unspecified atom stereocenters. The number of amides is 2. The molecule has 0 aliphatic carbocycles. The van der Waals surface area contributed by atoms with Crippen LogP contribution < -0.4 is 10.6 Å². The van der Waals surface area contributed by atoms with Crippen molar-refractivity contribution in [3.63, 3.8) is 0 Å². The molecular weight excluding hydrogens is 414 g/mol. The van der Waals surface area contributed by atoms with Gasteiger partial charge in [-0.05, 0) is 43.2 Å². The van der Waals surface area contributed by atoms with E-state index in [2.05, 4.69) is 10.6 Å². The fraction of sp³-hybridized carbons (Fsp3) is 0.300. The first-order chi connectivity index (χ1) is 13.8. The number of anilines is 2. The van der Waals surface area contributed by atoms with Gasteiger partial charge in [0.25, 0.3) is 0 Å². The van der Waals surface area contributed by atoms with Crippen molar-refractivity contribution in [1.29, 1.82) is 0 Å². The lowest BCUT2D eigenvalue weighted by atomic mass is 10.0. The van der Waals surface area contributed by atoms with Gasteiger partial charge in [0.1, 0.15) is 6.04 Å². The summed E-state index contributed by atoms with van der Waals surface area (Å²) in [6, 6.07) is 12.0. The van der Waals surface area contributed by atoms with Crippen LogP contribution in [0.4, 0.5) is 11.4 Å². The number of sulfonamides is 1. The van der Waals surface area contributed by atoms with E-state index in [0.29, 0.717) is 24.2 Å². The van der Waals surface area contributed by atoms with Crippen LogP contribution in [0.15, 0.2) is 53.4 Å². The molecule has 0 bridgehead atoms. The Labute approximate surface area is 175 Å². The van der Waals surface area contributed by atoms with E-state index in [4.69, 9.17) is 11.6 Å². The van der Waals surface area contributed by atoms with Gasteiger partial charge < -0.3 is 10.6 Å². The molecule has 0 saturated carbocycles. The van der Waals surface area contributed by atoms with Crippen molar-refractivity contribution in [2.75, 3.05) is 17.2 Å². The van der Waals surface area contributed by atoms with Gasteiger partial charge in [-0.2, -0.15) is 4.31 Å². The number of piperidine rings is 1. The minimum absolute atomic E-state index is 0.164. The maximum atomic E-state index is 13.0. The van der Waals surface area contributed by atoms with E-state index in [-0.39, 0.29) is 22.4 Å². The van der Waals surface area contributed by atoms with Crippen LogP contribution >= 0.6 is 11.6 Å². The molecule has 0 radical (unpaired) electrons. The first-order valence-corrected chi connectivity index (χ1v) is 11.1. The lowest BCUT2D eigenvalue weighted by Gasteiger charge is -2.33. The smallest absolute Gasteiger partial charge is 0.243 e. The normalized spacial score (nSPS) is 17.5. The average molecular weight is 436 g/mol. The highest BCUT2D eigenvalue weighted by Crippen LogP contribution is 2.29. The van der Waals surface area contributed by atoms with Crippen LogP contribution in [-0.2, 0) is 19.6 Å². The molecule has 1 aliphatic rings. The molecule has 0 spiro atoms.